The molecule has 0 unspecified atom stereocenters. The lowest BCUT2D eigenvalue weighted by atomic mass is 9.91. The van der Waals surface area contributed by atoms with Crippen LogP contribution in [0.5, 0.6) is 5.75 Å². The van der Waals surface area contributed by atoms with Crippen molar-refractivity contribution in [2.24, 2.45) is 0 Å². The Bertz CT molecular complexity index is 326. The molecule has 6 heteroatoms. The maximum absolute atomic E-state index is 12.1. The zero-order valence-corrected chi connectivity index (χ0v) is 9.29. The van der Waals surface area contributed by atoms with Gasteiger partial charge in [0.25, 0.3) is 0 Å². The second-order valence-corrected chi connectivity index (χ2v) is 3.76. The average Bonchev–Trinajstić information content (AvgIpc) is 2.16. The maximum atomic E-state index is 12.1. The van der Waals surface area contributed by atoms with Gasteiger partial charge in [-0.2, -0.15) is 0 Å². The van der Waals surface area contributed by atoms with Crippen LogP contribution in [0.2, 0.25) is 0 Å². The number of benzene rings is 1. The van der Waals surface area contributed by atoms with Crippen LogP contribution in [0, 0.1) is 0 Å². The first-order valence-corrected chi connectivity index (χ1v) is 4.93. The Morgan fingerprint density at radius 3 is 2.19 bits per heavy atom. The summed E-state index contributed by atoms with van der Waals surface area (Å²) in [6.45, 7) is -4.47. The molecule has 0 amide bonds. The molecule has 0 N–H and O–H groups in total. The van der Waals surface area contributed by atoms with Crippen LogP contribution in [-0.4, -0.2) is 32.5 Å². The van der Waals surface area contributed by atoms with Gasteiger partial charge in [-0.15, -0.1) is 0 Å². The summed E-state index contributed by atoms with van der Waals surface area (Å²) in [7, 11) is 3.01. The number of hydrogen-bond acceptors (Lipinski definition) is 2. The number of ether oxygens (including phenoxy) is 1. The van der Waals surface area contributed by atoms with E-state index in [2.05, 4.69) is 0 Å². The summed E-state index contributed by atoms with van der Waals surface area (Å²) in [5.41, 5.74) is 0.836. The second kappa shape index (κ2) is 5.25. The van der Waals surface area contributed by atoms with E-state index in [-0.39, 0.29) is 6.54 Å². The molecule has 0 saturated carbocycles. The molecule has 0 aliphatic rings. The summed E-state index contributed by atoms with van der Waals surface area (Å²) in [5.74, 6) is 0.700. The van der Waals surface area contributed by atoms with Gasteiger partial charge in [-0.3, -0.25) is 0 Å². The summed E-state index contributed by atoms with van der Waals surface area (Å²) < 4.78 is 41.3. The van der Waals surface area contributed by atoms with E-state index in [9.17, 15) is 12.9 Å². The smallest absolute Gasteiger partial charge is 0.492 e. The first-order chi connectivity index (χ1) is 7.40. The molecule has 2 nitrogen and oxygen atoms in total. The Labute approximate surface area is 93.1 Å². The molecule has 0 saturated heterocycles. The summed E-state index contributed by atoms with van der Waals surface area (Å²) in [4.78, 5) is 1.25. The second-order valence-electron chi connectivity index (χ2n) is 3.76. The number of rotatable bonds is 5. The van der Waals surface area contributed by atoms with Gasteiger partial charge in [0.1, 0.15) is 5.75 Å². The highest BCUT2D eigenvalue weighted by atomic mass is 19.4. The molecule has 0 fully saturated rings. The summed E-state index contributed by atoms with van der Waals surface area (Å²) in [6, 6.07) is 7.00. The monoisotopic (exact) mass is 232 g/mol. The van der Waals surface area contributed by atoms with Crippen molar-refractivity contribution >= 4 is 6.98 Å². The van der Waals surface area contributed by atoms with E-state index < -0.39 is 13.4 Å². The molecule has 0 bridgehead atoms. The fourth-order valence-electron chi connectivity index (χ4n) is 1.46. The van der Waals surface area contributed by atoms with Crippen LogP contribution in [0.1, 0.15) is 5.56 Å². The zero-order chi connectivity index (χ0) is 12.2. The molecular formula is C10H14BF3NO-. The van der Waals surface area contributed by atoms with Gasteiger partial charge in [-0.25, -0.2) is 0 Å². The molecule has 0 aliphatic carbocycles. The first-order valence-electron chi connectivity index (χ1n) is 4.93. The van der Waals surface area contributed by atoms with Crippen molar-refractivity contribution in [2.45, 2.75) is 6.54 Å². The maximum Gasteiger partial charge on any atom is 0.492 e. The number of nitrogens with zero attached hydrogens (tertiary/aromatic N) is 1. The molecule has 1 aromatic carbocycles. The molecule has 1 rings (SSSR count). The zero-order valence-electron chi connectivity index (χ0n) is 9.29. The van der Waals surface area contributed by atoms with Crippen LogP contribution < -0.4 is 4.74 Å². The van der Waals surface area contributed by atoms with Crippen molar-refractivity contribution in [1.29, 1.82) is 0 Å². The molecule has 90 valence electrons. The van der Waals surface area contributed by atoms with Crippen LogP contribution in [0.15, 0.2) is 24.3 Å². The fourth-order valence-corrected chi connectivity index (χ4v) is 1.46. The standard InChI is InChI=1S/C10H14BF3NO/c1-15(8-11(12,13)14)7-9-3-5-10(16-2)6-4-9/h3-6H,7-8H2,1-2H3/q-1. The first kappa shape index (κ1) is 12.9. The molecule has 0 heterocycles. The molecule has 0 spiro atoms. The van der Waals surface area contributed by atoms with E-state index >= 15 is 0 Å². The third-order valence-electron chi connectivity index (χ3n) is 2.13. The highest BCUT2D eigenvalue weighted by molar-refractivity contribution is 6.58. The number of methoxy groups -OCH3 is 1. The molecule has 16 heavy (non-hydrogen) atoms. The Hall–Kier alpha value is -1.17. The number of hydrogen-bond donors (Lipinski definition) is 0. The predicted octanol–water partition coefficient (Wildman–Crippen LogP) is 2.51. The van der Waals surface area contributed by atoms with Crippen molar-refractivity contribution in [1.82, 2.24) is 4.90 Å². The lowest BCUT2D eigenvalue weighted by Crippen LogP contribution is -2.34. The van der Waals surface area contributed by atoms with Crippen molar-refractivity contribution in [3.63, 3.8) is 0 Å². The number of halogens is 3. The highest BCUT2D eigenvalue weighted by Crippen LogP contribution is 2.14. The average molecular weight is 232 g/mol. The minimum absolute atomic E-state index is 0.283. The van der Waals surface area contributed by atoms with Gasteiger partial charge < -0.3 is 22.6 Å². The Balaban J connectivity index is 2.53. The molecule has 0 atom stereocenters. The van der Waals surface area contributed by atoms with Crippen molar-refractivity contribution in [3.8, 4) is 5.75 Å². The molecular weight excluding hydrogens is 218 g/mol. The highest BCUT2D eigenvalue weighted by Gasteiger charge is 2.24. The summed E-state index contributed by atoms with van der Waals surface area (Å²) in [5, 5.41) is 0. The van der Waals surface area contributed by atoms with Crippen LogP contribution in [0.3, 0.4) is 0 Å². The van der Waals surface area contributed by atoms with E-state index in [1.165, 1.54) is 11.9 Å². The van der Waals surface area contributed by atoms with Gasteiger partial charge in [-0.05, 0) is 31.2 Å². The third-order valence-corrected chi connectivity index (χ3v) is 2.13. The van der Waals surface area contributed by atoms with Gasteiger partial charge in [0.15, 0.2) is 0 Å². The van der Waals surface area contributed by atoms with Crippen LogP contribution in [0.4, 0.5) is 12.9 Å². The van der Waals surface area contributed by atoms with E-state index in [1.807, 2.05) is 0 Å². The quantitative estimate of drug-likeness (QED) is 0.723. The lowest BCUT2D eigenvalue weighted by Gasteiger charge is -2.23. The van der Waals surface area contributed by atoms with Crippen LogP contribution in [-0.2, 0) is 6.54 Å². The van der Waals surface area contributed by atoms with E-state index in [1.54, 1.807) is 31.4 Å². The minimum atomic E-state index is -4.75. The lowest BCUT2D eigenvalue weighted by molar-refractivity contribution is 0.322. The predicted molar refractivity (Wildman–Crippen MR) is 58.4 cm³/mol. The molecule has 0 aliphatic heterocycles. The van der Waals surface area contributed by atoms with Gasteiger partial charge in [0.05, 0.1) is 7.11 Å². The summed E-state index contributed by atoms with van der Waals surface area (Å²) in [6.07, 6.45) is -0.841. The summed E-state index contributed by atoms with van der Waals surface area (Å²) >= 11 is 0. The van der Waals surface area contributed by atoms with Crippen LogP contribution >= 0.6 is 0 Å². The Kier molecular flexibility index (Phi) is 4.23. The van der Waals surface area contributed by atoms with Crippen LogP contribution in [0.25, 0.3) is 0 Å². The fraction of sp³-hybridized carbons (Fsp3) is 0.400. The van der Waals surface area contributed by atoms with Gasteiger partial charge in [0.2, 0.25) is 0 Å². The van der Waals surface area contributed by atoms with Gasteiger partial charge >= 0.3 is 6.98 Å². The molecule has 1 aromatic rings. The third kappa shape index (κ3) is 4.57. The van der Waals surface area contributed by atoms with Gasteiger partial charge in [0, 0.05) is 6.54 Å². The topological polar surface area (TPSA) is 12.5 Å². The molecule has 0 aromatic heterocycles. The normalized spacial score (nSPS) is 11.9. The largest absolute Gasteiger partial charge is 0.497 e. The molecule has 0 radical (unpaired) electrons. The van der Waals surface area contributed by atoms with E-state index in [0.29, 0.717) is 5.75 Å². The van der Waals surface area contributed by atoms with E-state index in [4.69, 9.17) is 4.74 Å². The Morgan fingerprint density at radius 1 is 1.19 bits per heavy atom. The van der Waals surface area contributed by atoms with E-state index in [0.717, 1.165) is 5.56 Å². The Morgan fingerprint density at radius 2 is 1.75 bits per heavy atom. The van der Waals surface area contributed by atoms with Crippen molar-refractivity contribution in [2.75, 3.05) is 20.6 Å². The van der Waals surface area contributed by atoms with Crippen molar-refractivity contribution in [3.05, 3.63) is 29.8 Å². The van der Waals surface area contributed by atoms with Crippen molar-refractivity contribution < 1.29 is 17.7 Å². The minimum Gasteiger partial charge on any atom is -0.497 e. The SMILES string of the molecule is COc1ccc(CN(C)C[B-](F)(F)F)cc1. The van der Waals surface area contributed by atoms with Gasteiger partial charge in [-0.1, -0.05) is 12.1 Å².